The van der Waals surface area contributed by atoms with Crippen molar-refractivity contribution in [3.8, 4) is 0 Å². The van der Waals surface area contributed by atoms with Crippen molar-refractivity contribution >= 4 is 5.97 Å². The molecule has 1 aliphatic rings. The fourth-order valence-corrected chi connectivity index (χ4v) is 2.47. The molecule has 0 aromatic rings. The highest BCUT2D eigenvalue weighted by molar-refractivity contribution is 5.68. The number of carbonyl (C=O) groups is 1. The van der Waals surface area contributed by atoms with Gasteiger partial charge in [0.1, 0.15) is 0 Å². The van der Waals surface area contributed by atoms with E-state index in [9.17, 15) is 9.90 Å². The zero-order valence-corrected chi connectivity index (χ0v) is 13.4. The van der Waals surface area contributed by atoms with Gasteiger partial charge in [-0.05, 0) is 51.9 Å². The lowest BCUT2D eigenvalue weighted by molar-refractivity contribution is -0.186. The van der Waals surface area contributed by atoms with Crippen molar-refractivity contribution in [1.29, 1.82) is 0 Å². The Kier molecular flexibility index (Phi) is 9.63. The van der Waals surface area contributed by atoms with E-state index in [1.54, 1.807) is 0 Å². The van der Waals surface area contributed by atoms with E-state index in [0.29, 0.717) is 6.42 Å². The first-order chi connectivity index (χ1) is 10.1. The van der Waals surface area contributed by atoms with E-state index >= 15 is 0 Å². The van der Waals surface area contributed by atoms with E-state index in [0.717, 1.165) is 51.6 Å². The van der Waals surface area contributed by atoms with Crippen LogP contribution in [0.25, 0.3) is 0 Å². The number of methoxy groups -OCH3 is 1. The molecule has 1 aliphatic heterocycles. The molecule has 1 fully saturated rings. The maximum Gasteiger partial charge on any atom is 0.305 e. The van der Waals surface area contributed by atoms with Crippen molar-refractivity contribution in [2.45, 2.75) is 83.2 Å². The lowest BCUT2D eigenvalue weighted by atomic mass is 10.0. The van der Waals surface area contributed by atoms with Crippen LogP contribution >= 0.6 is 0 Å². The van der Waals surface area contributed by atoms with E-state index in [2.05, 4.69) is 4.74 Å². The number of aliphatic hydroxyl groups is 1. The van der Waals surface area contributed by atoms with Crippen LogP contribution in [-0.2, 0) is 19.0 Å². The third kappa shape index (κ3) is 9.06. The van der Waals surface area contributed by atoms with Crippen LogP contribution in [0.15, 0.2) is 0 Å². The van der Waals surface area contributed by atoms with Gasteiger partial charge in [0.05, 0.1) is 19.3 Å². The highest BCUT2D eigenvalue weighted by Crippen LogP contribution is 2.18. The summed E-state index contributed by atoms with van der Waals surface area (Å²) in [5, 5.41) is 9.92. The van der Waals surface area contributed by atoms with E-state index in [1.807, 2.05) is 6.92 Å². The van der Waals surface area contributed by atoms with Crippen molar-refractivity contribution in [3.63, 3.8) is 0 Å². The monoisotopic (exact) mass is 302 g/mol. The molecule has 0 aromatic heterocycles. The Hall–Kier alpha value is -0.650. The summed E-state index contributed by atoms with van der Waals surface area (Å²) in [6.07, 6.45) is 7.32. The van der Waals surface area contributed by atoms with Crippen molar-refractivity contribution in [2.75, 3.05) is 13.7 Å². The summed E-state index contributed by atoms with van der Waals surface area (Å²) in [6, 6.07) is 0. The molecule has 0 radical (unpaired) electrons. The summed E-state index contributed by atoms with van der Waals surface area (Å²) >= 11 is 0. The predicted molar refractivity (Wildman–Crippen MR) is 79.9 cm³/mol. The van der Waals surface area contributed by atoms with Crippen LogP contribution < -0.4 is 0 Å². The molecule has 0 aromatic carbocycles. The van der Waals surface area contributed by atoms with Gasteiger partial charge in [-0.2, -0.15) is 0 Å². The average molecular weight is 302 g/mol. The first-order valence-electron chi connectivity index (χ1n) is 8.13. The molecular weight excluding hydrogens is 272 g/mol. The Labute approximate surface area is 128 Å². The number of hydrogen-bond acceptors (Lipinski definition) is 5. The first kappa shape index (κ1) is 18.4. The smallest absolute Gasteiger partial charge is 0.305 e. The van der Waals surface area contributed by atoms with E-state index in [4.69, 9.17) is 9.47 Å². The Morgan fingerprint density at radius 3 is 2.76 bits per heavy atom. The normalized spacial score (nSPS) is 21.8. The fourth-order valence-electron chi connectivity index (χ4n) is 2.47. The standard InChI is InChI=1S/C16H30O5/c1-13(21-16-9-5-6-12-20-16)10-11-14(17)7-3-4-8-15(18)19-2/h13-14,16-17H,3-12H2,1-2H3. The Morgan fingerprint density at radius 2 is 2.10 bits per heavy atom. The summed E-state index contributed by atoms with van der Waals surface area (Å²) in [5.74, 6) is -0.181. The quantitative estimate of drug-likeness (QED) is 0.496. The van der Waals surface area contributed by atoms with Gasteiger partial charge in [0.2, 0.25) is 0 Å². The molecule has 1 saturated heterocycles. The molecular formula is C16H30O5. The van der Waals surface area contributed by atoms with Gasteiger partial charge in [-0.1, -0.05) is 6.42 Å². The molecule has 124 valence electrons. The predicted octanol–water partition coefficient (Wildman–Crippen LogP) is 2.79. The largest absolute Gasteiger partial charge is 0.469 e. The number of esters is 1. The molecule has 0 saturated carbocycles. The van der Waals surface area contributed by atoms with Gasteiger partial charge in [0, 0.05) is 13.0 Å². The number of aliphatic hydroxyl groups excluding tert-OH is 1. The number of ether oxygens (including phenoxy) is 3. The zero-order valence-electron chi connectivity index (χ0n) is 13.4. The summed E-state index contributed by atoms with van der Waals surface area (Å²) in [7, 11) is 1.40. The van der Waals surface area contributed by atoms with Gasteiger partial charge in [-0.15, -0.1) is 0 Å². The van der Waals surface area contributed by atoms with Crippen LogP contribution in [0.2, 0.25) is 0 Å². The van der Waals surface area contributed by atoms with Gasteiger partial charge in [0.15, 0.2) is 6.29 Å². The summed E-state index contributed by atoms with van der Waals surface area (Å²) < 4.78 is 15.9. The third-order valence-corrected chi connectivity index (χ3v) is 3.82. The second kappa shape index (κ2) is 11.0. The number of rotatable bonds is 10. The van der Waals surface area contributed by atoms with Crippen LogP contribution in [0, 0.1) is 0 Å². The van der Waals surface area contributed by atoms with Gasteiger partial charge in [0.25, 0.3) is 0 Å². The molecule has 21 heavy (non-hydrogen) atoms. The highest BCUT2D eigenvalue weighted by atomic mass is 16.7. The van der Waals surface area contributed by atoms with Crippen LogP contribution in [0.4, 0.5) is 0 Å². The maximum absolute atomic E-state index is 10.9. The second-order valence-electron chi connectivity index (χ2n) is 5.80. The van der Waals surface area contributed by atoms with Gasteiger partial charge < -0.3 is 19.3 Å². The van der Waals surface area contributed by atoms with E-state index in [-0.39, 0.29) is 24.5 Å². The minimum atomic E-state index is -0.319. The van der Waals surface area contributed by atoms with Gasteiger partial charge in [-0.25, -0.2) is 0 Å². The third-order valence-electron chi connectivity index (χ3n) is 3.82. The number of hydrogen-bond donors (Lipinski definition) is 1. The van der Waals surface area contributed by atoms with Gasteiger partial charge >= 0.3 is 5.97 Å². The lowest BCUT2D eigenvalue weighted by Gasteiger charge is -2.26. The van der Waals surface area contributed by atoms with Crippen molar-refractivity contribution < 1.29 is 24.1 Å². The zero-order chi connectivity index (χ0) is 15.5. The molecule has 0 amide bonds. The summed E-state index contributed by atoms with van der Waals surface area (Å²) in [5.41, 5.74) is 0. The van der Waals surface area contributed by atoms with Crippen LogP contribution in [0.1, 0.15) is 64.7 Å². The topological polar surface area (TPSA) is 65.0 Å². The number of carbonyl (C=O) groups excluding carboxylic acids is 1. The van der Waals surface area contributed by atoms with E-state index < -0.39 is 0 Å². The van der Waals surface area contributed by atoms with Crippen molar-refractivity contribution in [3.05, 3.63) is 0 Å². The van der Waals surface area contributed by atoms with E-state index in [1.165, 1.54) is 13.5 Å². The van der Waals surface area contributed by atoms with Gasteiger partial charge in [-0.3, -0.25) is 4.79 Å². The molecule has 0 aliphatic carbocycles. The molecule has 1 N–H and O–H groups in total. The molecule has 1 heterocycles. The van der Waals surface area contributed by atoms with Crippen molar-refractivity contribution in [2.24, 2.45) is 0 Å². The fraction of sp³-hybridized carbons (Fsp3) is 0.938. The maximum atomic E-state index is 10.9. The molecule has 5 heteroatoms. The molecule has 3 unspecified atom stereocenters. The second-order valence-corrected chi connectivity index (χ2v) is 5.80. The highest BCUT2D eigenvalue weighted by Gasteiger charge is 2.17. The Bertz CT molecular complexity index is 276. The number of unbranched alkanes of at least 4 members (excludes halogenated alkanes) is 1. The molecule has 3 atom stereocenters. The van der Waals surface area contributed by atoms with Crippen LogP contribution in [0.3, 0.4) is 0 Å². The Balaban J connectivity index is 2.00. The molecule has 0 spiro atoms. The molecule has 5 nitrogen and oxygen atoms in total. The van der Waals surface area contributed by atoms with Crippen LogP contribution in [-0.4, -0.2) is 43.3 Å². The summed E-state index contributed by atoms with van der Waals surface area (Å²) in [6.45, 7) is 2.82. The molecule has 0 bridgehead atoms. The minimum Gasteiger partial charge on any atom is -0.469 e. The molecule has 1 rings (SSSR count). The van der Waals surface area contributed by atoms with Crippen LogP contribution in [0.5, 0.6) is 0 Å². The minimum absolute atomic E-state index is 0.0639. The Morgan fingerprint density at radius 1 is 1.29 bits per heavy atom. The lowest BCUT2D eigenvalue weighted by Crippen LogP contribution is -2.27. The average Bonchev–Trinajstić information content (AvgIpc) is 2.50. The summed E-state index contributed by atoms with van der Waals surface area (Å²) in [4.78, 5) is 10.9. The SMILES string of the molecule is COC(=O)CCCCC(O)CCC(C)OC1CCCCO1. The first-order valence-corrected chi connectivity index (χ1v) is 8.13. The van der Waals surface area contributed by atoms with Crippen molar-refractivity contribution in [1.82, 2.24) is 0 Å².